The Morgan fingerprint density at radius 1 is 0.810 bits per heavy atom. The third kappa shape index (κ3) is 7.23. The van der Waals surface area contributed by atoms with E-state index in [-0.39, 0.29) is 11.5 Å². The number of nitrogens with one attached hydrogen (secondary N) is 3. The average Bonchev–Trinajstić information content (AvgIpc) is 2.99. The van der Waals surface area contributed by atoms with Gasteiger partial charge in [-0.2, -0.15) is 13.2 Å². The van der Waals surface area contributed by atoms with Crippen LogP contribution in [0.15, 0.2) is 97.1 Å². The third-order valence-electron chi connectivity index (χ3n) is 6.65. The molecule has 9 heteroatoms. The molecule has 0 saturated carbocycles. The van der Waals surface area contributed by atoms with Crippen molar-refractivity contribution >= 4 is 23.4 Å². The summed E-state index contributed by atoms with van der Waals surface area (Å²) in [6.07, 6.45) is -3.71. The minimum atomic E-state index is -4.46. The predicted octanol–water partition coefficient (Wildman–Crippen LogP) is 6.93. The Hall–Kier alpha value is -4.92. The summed E-state index contributed by atoms with van der Waals surface area (Å²) in [4.78, 5) is 39.2. The molecular formula is C33H30F3N3O3. The zero-order valence-corrected chi connectivity index (χ0v) is 23.1. The van der Waals surface area contributed by atoms with E-state index >= 15 is 0 Å². The molecule has 4 rings (SSSR count). The molecule has 0 aliphatic carbocycles. The van der Waals surface area contributed by atoms with E-state index in [1.807, 2.05) is 13.0 Å². The first-order valence-corrected chi connectivity index (χ1v) is 13.4. The Bertz CT molecular complexity index is 1570. The number of anilines is 1. The van der Waals surface area contributed by atoms with E-state index in [4.69, 9.17) is 0 Å². The van der Waals surface area contributed by atoms with E-state index in [9.17, 15) is 27.6 Å². The number of aryl methyl sites for hydroxylation is 1. The van der Waals surface area contributed by atoms with Gasteiger partial charge in [-0.1, -0.05) is 67.6 Å². The quantitative estimate of drug-likeness (QED) is 0.203. The Balaban J connectivity index is 1.51. The van der Waals surface area contributed by atoms with Crippen LogP contribution in [0, 0.1) is 6.92 Å². The summed E-state index contributed by atoms with van der Waals surface area (Å²) in [7, 11) is 0. The van der Waals surface area contributed by atoms with Crippen molar-refractivity contribution in [2.24, 2.45) is 0 Å². The van der Waals surface area contributed by atoms with Gasteiger partial charge in [-0.15, -0.1) is 0 Å². The van der Waals surface area contributed by atoms with Crippen LogP contribution in [0.2, 0.25) is 0 Å². The van der Waals surface area contributed by atoms with Crippen LogP contribution in [-0.4, -0.2) is 24.3 Å². The number of carbonyl (C=O) groups is 3. The van der Waals surface area contributed by atoms with Gasteiger partial charge in [0.2, 0.25) is 5.91 Å². The van der Waals surface area contributed by atoms with E-state index in [0.29, 0.717) is 40.0 Å². The number of carbonyl (C=O) groups excluding carboxylic acids is 3. The zero-order chi connectivity index (χ0) is 30.3. The lowest BCUT2D eigenvalue weighted by atomic mass is 9.98. The third-order valence-corrected chi connectivity index (χ3v) is 6.65. The molecule has 6 nitrogen and oxygen atoms in total. The number of hydrogen-bond acceptors (Lipinski definition) is 3. The van der Waals surface area contributed by atoms with Gasteiger partial charge in [-0.25, -0.2) is 0 Å². The lowest BCUT2D eigenvalue weighted by molar-refractivity contribution is -0.137. The molecule has 0 heterocycles. The first-order valence-electron chi connectivity index (χ1n) is 13.4. The highest BCUT2D eigenvalue weighted by atomic mass is 19.4. The van der Waals surface area contributed by atoms with Gasteiger partial charge in [0.25, 0.3) is 11.8 Å². The van der Waals surface area contributed by atoms with Gasteiger partial charge >= 0.3 is 6.18 Å². The van der Waals surface area contributed by atoms with Gasteiger partial charge < -0.3 is 16.0 Å². The number of benzene rings is 4. The van der Waals surface area contributed by atoms with Crippen molar-refractivity contribution in [1.29, 1.82) is 0 Å². The molecule has 3 amide bonds. The molecule has 1 atom stereocenters. The van der Waals surface area contributed by atoms with Gasteiger partial charge in [-0.3, -0.25) is 14.4 Å². The van der Waals surface area contributed by atoms with Gasteiger partial charge in [0.05, 0.1) is 5.56 Å². The van der Waals surface area contributed by atoms with Crippen molar-refractivity contribution in [3.63, 3.8) is 0 Å². The SMILES string of the molecule is CCCNC(=O)[C@@H](NC(=O)c1ccc(NC(=O)c2ccccc2-c2ccc(C(F)(F)F)cc2)c(C)c1)c1ccccc1. The van der Waals surface area contributed by atoms with Crippen LogP contribution < -0.4 is 16.0 Å². The fourth-order valence-corrected chi connectivity index (χ4v) is 4.42. The minimum Gasteiger partial charge on any atom is -0.354 e. The molecule has 4 aromatic carbocycles. The van der Waals surface area contributed by atoms with Crippen LogP contribution >= 0.6 is 0 Å². The first-order chi connectivity index (χ1) is 20.1. The Labute approximate surface area is 242 Å². The minimum absolute atomic E-state index is 0.280. The first kappa shape index (κ1) is 30.0. The van der Waals surface area contributed by atoms with Crippen LogP contribution in [0.3, 0.4) is 0 Å². The van der Waals surface area contributed by atoms with Crippen molar-refractivity contribution in [3.05, 3.63) is 125 Å². The van der Waals surface area contributed by atoms with E-state index < -0.39 is 29.6 Å². The Morgan fingerprint density at radius 3 is 2.12 bits per heavy atom. The number of amides is 3. The zero-order valence-electron chi connectivity index (χ0n) is 23.1. The number of rotatable bonds is 9. The molecule has 0 bridgehead atoms. The summed E-state index contributed by atoms with van der Waals surface area (Å²) < 4.78 is 39.0. The summed E-state index contributed by atoms with van der Waals surface area (Å²) in [5, 5.41) is 8.45. The van der Waals surface area contributed by atoms with E-state index in [0.717, 1.165) is 18.6 Å². The summed E-state index contributed by atoms with van der Waals surface area (Å²) in [6.45, 7) is 4.15. The molecule has 0 aliphatic rings. The van der Waals surface area contributed by atoms with Crippen LogP contribution in [-0.2, 0) is 11.0 Å². The standard InChI is InChI=1S/C33H30F3N3O3/c1-3-19-37-32(42)29(23-9-5-4-6-10-23)39-30(40)24-15-18-28(21(2)20-24)38-31(41)27-12-8-7-11-26(27)22-13-16-25(17-14-22)33(34,35)36/h4-18,20,29H,3,19H2,1-2H3,(H,37,42)(H,38,41)(H,39,40)/t29-/m0/s1. The fraction of sp³-hybridized carbons (Fsp3) is 0.182. The highest BCUT2D eigenvalue weighted by Gasteiger charge is 2.30. The van der Waals surface area contributed by atoms with Gasteiger partial charge in [0.1, 0.15) is 6.04 Å². The summed E-state index contributed by atoms with van der Waals surface area (Å²) in [5.41, 5.74) is 2.46. The molecule has 0 fully saturated rings. The van der Waals surface area contributed by atoms with Crippen LogP contribution in [0.5, 0.6) is 0 Å². The average molecular weight is 574 g/mol. The van der Waals surface area contributed by atoms with Gasteiger partial charge in [-0.05, 0) is 72.0 Å². The van der Waals surface area contributed by atoms with E-state index in [1.165, 1.54) is 12.1 Å². The van der Waals surface area contributed by atoms with Gasteiger partial charge in [0, 0.05) is 23.4 Å². The topological polar surface area (TPSA) is 87.3 Å². The highest BCUT2D eigenvalue weighted by Crippen LogP contribution is 2.32. The van der Waals surface area contributed by atoms with Gasteiger partial charge in [0.15, 0.2) is 0 Å². The molecule has 0 aliphatic heterocycles. The van der Waals surface area contributed by atoms with Crippen LogP contribution in [0.1, 0.15) is 56.8 Å². The molecule has 0 saturated heterocycles. The molecule has 4 aromatic rings. The largest absolute Gasteiger partial charge is 0.416 e. The van der Waals surface area contributed by atoms with E-state index in [2.05, 4.69) is 16.0 Å². The maximum atomic E-state index is 13.3. The van der Waals surface area contributed by atoms with Crippen LogP contribution in [0.4, 0.5) is 18.9 Å². The summed E-state index contributed by atoms with van der Waals surface area (Å²) in [5.74, 6) is -1.23. The molecule has 0 aromatic heterocycles. The second-order valence-electron chi connectivity index (χ2n) is 9.71. The lowest BCUT2D eigenvalue weighted by Gasteiger charge is -2.19. The second kappa shape index (κ2) is 13.2. The number of hydrogen-bond donors (Lipinski definition) is 3. The smallest absolute Gasteiger partial charge is 0.354 e. The van der Waals surface area contributed by atoms with Crippen molar-refractivity contribution in [2.45, 2.75) is 32.5 Å². The number of alkyl halides is 3. The normalized spacial score (nSPS) is 11.8. The van der Waals surface area contributed by atoms with Crippen molar-refractivity contribution in [3.8, 4) is 11.1 Å². The molecular weight excluding hydrogens is 543 g/mol. The predicted molar refractivity (Wildman–Crippen MR) is 156 cm³/mol. The second-order valence-corrected chi connectivity index (χ2v) is 9.71. The van der Waals surface area contributed by atoms with Crippen molar-refractivity contribution in [2.75, 3.05) is 11.9 Å². The van der Waals surface area contributed by atoms with Crippen LogP contribution in [0.25, 0.3) is 11.1 Å². The lowest BCUT2D eigenvalue weighted by Crippen LogP contribution is -2.40. The maximum Gasteiger partial charge on any atom is 0.416 e. The fourth-order valence-electron chi connectivity index (χ4n) is 4.42. The molecule has 0 radical (unpaired) electrons. The Kier molecular flexibility index (Phi) is 9.42. The number of halogens is 3. The molecule has 216 valence electrons. The summed E-state index contributed by atoms with van der Waals surface area (Å²) in [6, 6.07) is 24.1. The maximum absolute atomic E-state index is 13.3. The molecule has 42 heavy (non-hydrogen) atoms. The summed E-state index contributed by atoms with van der Waals surface area (Å²) >= 11 is 0. The molecule has 0 spiro atoms. The van der Waals surface area contributed by atoms with Crippen molar-refractivity contribution in [1.82, 2.24) is 10.6 Å². The van der Waals surface area contributed by atoms with Crippen molar-refractivity contribution < 1.29 is 27.6 Å². The molecule has 0 unspecified atom stereocenters. The van der Waals surface area contributed by atoms with E-state index in [1.54, 1.807) is 73.7 Å². The monoisotopic (exact) mass is 573 g/mol. The Morgan fingerprint density at radius 2 is 1.48 bits per heavy atom. The highest BCUT2D eigenvalue weighted by molar-refractivity contribution is 6.09. The molecule has 3 N–H and O–H groups in total.